The molecule has 2 aromatic rings. The Kier molecular flexibility index (Phi) is 8.49. The fraction of sp³-hybridized carbons (Fsp3) is 0.462. The lowest BCUT2D eigenvalue weighted by atomic mass is 10.2. The number of nitrogens with zero attached hydrogens (tertiary/aromatic N) is 1. The van der Waals surface area contributed by atoms with Crippen LogP contribution in [0.15, 0.2) is 60.7 Å². The normalized spacial score (nSPS) is 13.2. The summed E-state index contributed by atoms with van der Waals surface area (Å²) in [6.45, 7) is 11.8. The standard InChI is InChI=1S/C26H37NO5Si/c1-25(2,3)32-24(29)27(7)22(23(28)30-8)19-31-33(26(4,5)6,20-15-11-9-12-16-20)21-17-13-10-14-18-21/h9-18,22H,19H2,1-8H3/t22-/m0/s1. The van der Waals surface area contributed by atoms with E-state index in [2.05, 4.69) is 45.0 Å². The van der Waals surface area contributed by atoms with Crippen molar-refractivity contribution in [3.8, 4) is 0 Å². The predicted octanol–water partition coefficient (Wildman–Crippen LogP) is 3.97. The molecule has 0 N–H and O–H groups in total. The molecule has 1 amide bonds. The van der Waals surface area contributed by atoms with Gasteiger partial charge in [0, 0.05) is 7.05 Å². The van der Waals surface area contributed by atoms with E-state index in [0.717, 1.165) is 10.4 Å². The molecule has 0 radical (unpaired) electrons. The molecule has 0 saturated heterocycles. The quantitative estimate of drug-likeness (QED) is 0.452. The van der Waals surface area contributed by atoms with Crippen molar-refractivity contribution < 1.29 is 23.5 Å². The van der Waals surface area contributed by atoms with Crippen LogP contribution in [0.4, 0.5) is 4.79 Å². The molecule has 7 heteroatoms. The summed E-state index contributed by atoms with van der Waals surface area (Å²) in [6, 6.07) is 19.3. The van der Waals surface area contributed by atoms with Crippen LogP contribution in [0.25, 0.3) is 0 Å². The number of rotatable bonds is 7. The largest absolute Gasteiger partial charge is 0.467 e. The zero-order chi connectivity index (χ0) is 24.9. The summed E-state index contributed by atoms with van der Waals surface area (Å²) in [5, 5.41) is 1.92. The predicted molar refractivity (Wildman–Crippen MR) is 133 cm³/mol. The molecule has 0 aliphatic heterocycles. The van der Waals surface area contributed by atoms with Gasteiger partial charge in [-0.05, 0) is 36.2 Å². The van der Waals surface area contributed by atoms with Crippen molar-refractivity contribution >= 4 is 30.8 Å². The number of carbonyl (C=O) groups excluding carboxylic acids is 2. The molecular weight excluding hydrogens is 434 g/mol. The summed E-state index contributed by atoms with van der Waals surface area (Å²) >= 11 is 0. The van der Waals surface area contributed by atoms with Gasteiger partial charge in [-0.15, -0.1) is 0 Å². The summed E-state index contributed by atoms with van der Waals surface area (Å²) in [6.07, 6.45) is -0.607. The first-order chi connectivity index (χ1) is 15.3. The number of ether oxygens (including phenoxy) is 2. The highest BCUT2D eigenvalue weighted by Gasteiger charge is 2.51. The molecule has 0 unspecified atom stereocenters. The third-order valence-corrected chi connectivity index (χ3v) is 10.5. The number of amides is 1. The lowest BCUT2D eigenvalue weighted by Crippen LogP contribution is -2.67. The van der Waals surface area contributed by atoms with Crippen LogP contribution >= 0.6 is 0 Å². The van der Waals surface area contributed by atoms with Gasteiger partial charge >= 0.3 is 12.1 Å². The van der Waals surface area contributed by atoms with E-state index in [9.17, 15) is 9.59 Å². The van der Waals surface area contributed by atoms with Crippen molar-refractivity contribution in [2.24, 2.45) is 0 Å². The van der Waals surface area contributed by atoms with Crippen LogP contribution in [0.3, 0.4) is 0 Å². The summed E-state index contributed by atoms with van der Waals surface area (Å²) in [5.41, 5.74) is -0.690. The number of methoxy groups -OCH3 is 1. The first kappa shape index (κ1) is 26.6. The van der Waals surface area contributed by atoms with E-state index in [1.54, 1.807) is 20.8 Å². The van der Waals surface area contributed by atoms with Crippen molar-refractivity contribution in [1.29, 1.82) is 0 Å². The molecule has 1 atom stereocenters. The number of likely N-dealkylation sites (N-methyl/N-ethyl adjacent to an activating group) is 1. The van der Waals surface area contributed by atoms with Gasteiger partial charge in [0.25, 0.3) is 8.32 Å². The Balaban J connectivity index is 2.52. The van der Waals surface area contributed by atoms with Crippen molar-refractivity contribution in [3.05, 3.63) is 60.7 Å². The molecular formula is C26H37NO5Si. The molecule has 0 aliphatic carbocycles. The molecule has 0 bridgehead atoms. The van der Waals surface area contributed by atoms with Crippen molar-refractivity contribution in [3.63, 3.8) is 0 Å². The second kappa shape index (κ2) is 10.5. The second-order valence-electron chi connectivity index (χ2n) is 10.1. The number of hydrogen-bond acceptors (Lipinski definition) is 5. The number of hydrogen-bond donors (Lipinski definition) is 0. The maximum absolute atomic E-state index is 12.7. The average Bonchev–Trinajstić information content (AvgIpc) is 2.75. The molecule has 0 spiro atoms. The van der Waals surface area contributed by atoms with Crippen molar-refractivity contribution in [2.75, 3.05) is 20.8 Å². The van der Waals surface area contributed by atoms with Gasteiger partial charge in [-0.25, -0.2) is 9.59 Å². The minimum Gasteiger partial charge on any atom is -0.467 e. The monoisotopic (exact) mass is 471 g/mol. The Labute approximate surface area is 199 Å². The van der Waals surface area contributed by atoms with Gasteiger partial charge in [0.05, 0.1) is 13.7 Å². The highest BCUT2D eigenvalue weighted by molar-refractivity contribution is 6.99. The zero-order valence-electron chi connectivity index (χ0n) is 21.0. The van der Waals surface area contributed by atoms with Crippen molar-refractivity contribution in [2.45, 2.75) is 58.2 Å². The summed E-state index contributed by atoms with van der Waals surface area (Å²) in [4.78, 5) is 26.7. The van der Waals surface area contributed by atoms with Crippen LogP contribution < -0.4 is 10.4 Å². The van der Waals surface area contributed by atoms with E-state index >= 15 is 0 Å². The van der Waals surface area contributed by atoms with Crippen LogP contribution in [0.2, 0.25) is 5.04 Å². The molecule has 180 valence electrons. The highest BCUT2D eigenvalue weighted by Crippen LogP contribution is 2.37. The second-order valence-corrected chi connectivity index (χ2v) is 14.4. The third kappa shape index (κ3) is 6.24. The molecule has 33 heavy (non-hydrogen) atoms. The van der Waals surface area contributed by atoms with Crippen LogP contribution in [-0.4, -0.2) is 57.7 Å². The minimum atomic E-state index is -2.88. The first-order valence-electron chi connectivity index (χ1n) is 11.1. The van der Waals surface area contributed by atoms with Gasteiger partial charge in [-0.2, -0.15) is 0 Å². The number of benzene rings is 2. The highest BCUT2D eigenvalue weighted by atomic mass is 28.4. The molecule has 0 saturated carbocycles. The fourth-order valence-electron chi connectivity index (χ4n) is 3.90. The Hall–Kier alpha value is -2.64. The summed E-state index contributed by atoms with van der Waals surface area (Å²) in [7, 11) is -0.0460. The topological polar surface area (TPSA) is 65.1 Å². The van der Waals surface area contributed by atoms with Gasteiger partial charge in [-0.3, -0.25) is 4.90 Å². The molecule has 0 fully saturated rings. The zero-order valence-corrected chi connectivity index (χ0v) is 22.0. The van der Waals surface area contributed by atoms with Gasteiger partial charge in [0.1, 0.15) is 5.60 Å². The lowest BCUT2D eigenvalue weighted by molar-refractivity contribution is -0.147. The fourth-order valence-corrected chi connectivity index (χ4v) is 8.46. The lowest BCUT2D eigenvalue weighted by Gasteiger charge is -2.44. The molecule has 0 heterocycles. The van der Waals surface area contributed by atoms with E-state index in [1.165, 1.54) is 19.1 Å². The smallest absolute Gasteiger partial charge is 0.410 e. The Morgan fingerprint density at radius 1 is 0.879 bits per heavy atom. The molecule has 2 rings (SSSR count). The SMILES string of the molecule is COC(=O)[C@H](CO[Si](c1ccccc1)(c1ccccc1)C(C)(C)C)N(C)C(=O)OC(C)(C)C. The molecule has 2 aromatic carbocycles. The summed E-state index contributed by atoms with van der Waals surface area (Å²) in [5.74, 6) is -0.554. The maximum atomic E-state index is 12.7. The first-order valence-corrected chi connectivity index (χ1v) is 13.0. The molecule has 0 aliphatic rings. The number of carbonyl (C=O) groups is 2. The van der Waals surface area contributed by atoms with E-state index in [1.807, 2.05) is 36.4 Å². The van der Waals surface area contributed by atoms with Crippen LogP contribution in [0.1, 0.15) is 41.5 Å². The van der Waals surface area contributed by atoms with E-state index < -0.39 is 32.0 Å². The van der Waals surface area contributed by atoms with Crippen molar-refractivity contribution in [1.82, 2.24) is 4.90 Å². The van der Waals surface area contributed by atoms with Crippen LogP contribution in [0, 0.1) is 0 Å². The van der Waals surface area contributed by atoms with Gasteiger partial charge < -0.3 is 13.9 Å². The van der Waals surface area contributed by atoms with Gasteiger partial charge in [0.15, 0.2) is 6.04 Å². The van der Waals surface area contributed by atoms with Crippen LogP contribution in [-0.2, 0) is 18.7 Å². The van der Waals surface area contributed by atoms with E-state index in [-0.39, 0.29) is 11.6 Å². The Morgan fingerprint density at radius 2 is 1.33 bits per heavy atom. The van der Waals surface area contributed by atoms with Gasteiger partial charge in [0.2, 0.25) is 0 Å². The minimum absolute atomic E-state index is 0.0182. The molecule has 0 aromatic heterocycles. The average molecular weight is 472 g/mol. The van der Waals surface area contributed by atoms with Gasteiger partial charge in [-0.1, -0.05) is 81.4 Å². The molecule has 6 nitrogen and oxygen atoms in total. The Morgan fingerprint density at radius 3 is 1.70 bits per heavy atom. The third-order valence-electron chi connectivity index (χ3n) is 5.50. The number of esters is 1. The van der Waals surface area contributed by atoms with E-state index in [0.29, 0.717) is 0 Å². The summed E-state index contributed by atoms with van der Waals surface area (Å²) < 4.78 is 17.3. The van der Waals surface area contributed by atoms with Crippen LogP contribution in [0.5, 0.6) is 0 Å². The maximum Gasteiger partial charge on any atom is 0.410 e. The van der Waals surface area contributed by atoms with E-state index in [4.69, 9.17) is 13.9 Å². The Bertz CT molecular complexity index is 880.